The van der Waals surface area contributed by atoms with Gasteiger partial charge < -0.3 is 5.11 Å². The minimum Gasteiger partial charge on any atom is -0.393 e. The molecular formula is C29H40O3S. The van der Waals surface area contributed by atoms with Crippen molar-refractivity contribution in [3.63, 3.8) is 0 Å². The first-order valence-corrected chi connectivity index (χ1v) is 14.4. The molecule has 1 unspecified atom stereocenters. The smallest absolute Gasteiger partial charge is 0.178 e. The molecule has 0 saturated heterocycles. The summed E-state index contributed by atoms with van der Waals surface area (Å²) in [6.45, 7) is 8.94. The molecule has 0 aliphatic heterocycles. The van der Waals surface area contributed by atoms with E-state index in [1.54, 1.807) is 29.8 Å². The van der Waals surface area contributed by atoms with Crippen LogP contribution in [0.3, 0.4) is 0 Å². The number of hydrogen-bond donors (Lipinski definition) is 1. The summed E-state index contributed by atoms with van der Waals surface area (Å²) in [4.78, 5) is 0.443. The molecule has 0 bridgehead atoms. The van der Waals surface area contributed by atoms with Crippen LogP contribution >= 0.6 is 0 Å². The number of allylic oxidation sites excluding steroid dienone is 4. The minimum absolute atomic E-state index is 0.231. The Morgan fingerprint density at radius 3 is 2.67 bits per heavy atom. The monoisotopic (exact) mass is 468 g/mol. The molecule has 0 aromatic heterocycles. The SMILES string of the molecule is C=C1CC[C@H](O)C/C1=C/C=C1\CCC[C@]2(C)C([C@H](C)CCS(=O)(=O)c3ccccc3)CC[C@@H]12. The van der Waals surface area contributed by atoms with Gasteiger partial charge in [-0.1, -0.05) is 61.9 Å². The first-order valence-electron chi connectivity index (χ1n) is 12.7. The number of benzene rings is 1. The van der Waals surface area contributed by atoms with Crippen LogP contribution in [0.25, 0.3) is 0 Å². The highest BCUT2D eigenvalue weighted by Gasteiger charge is 2.50. The predicted octanol–water partition coefficient (Wildman–Crippen LogP) is 6.66. The third-order valence-electron chi connectivity index (χ3n) is 8.86. The van der Waals surface area contributed by atoms with E-state index in [0.29, 0.717) is 22.6 Å². The van der Waals surface area contributed by atoms with E-state index in [-0.39, 0.29) is 17.3 Å². The van der Waals surface area contributed by atoms with Crippen LogP contribution in [0.4, 0.5) is 0 Å². The van der Waals surface area contributed by atoms with Gasteiger partial charge >= 0.3 is 0 Å². The zero-order chi connectivity index (χ0) is 23.6. The molecule has 3 aliphatic rings. The second kappa shape index (κ2) is 9.92. The Bertz CT molecular complexity index is 1020. The van der Waals surface area contributed by atoms with E-state index in [9.17, 15) is 13.5 Å². The van der Waals surface area contributed by atoms with Gasteiger partial charge in [0.05, 0.1) is 16.8 Å². The van der Waals surface area contributed by atoms with Crippen LogP contribution in [-0.2, 0) is 9.84 Å². The van der Waals surface area contributed by atoms with Crippen molar-refractivity contribution < 1.29 is 13.5 Å². The molecule has 3 fully saturated rings. The van der Waals surface area contributed by atoms with E-state index < -0.39 is 9.84 Å². The van der Waals surface area contributed by atoms with Crippen molar-refractivity contribution in [1.29, 1.82) is 0 Å². The number of aliphatic hydroxyl groups is 1. The average molecular weight is 469 g/mol. The van der Waals surface area contributed by atoms with Gasteiger partial charge in [-0.15, -0.1) is 0 Å². The maximum absolute atomic E-state index is 12.8. The number of hydrogen-bond acceptors (Lipinski definition) is 3. The van der Waals surface area contributed by atoms with Gasteiger partial charge in [-0.2, -0.15) is 0 Å². The number of sulfone groups is 1. The van der Waals surface area contributed by atoms with E-state index in [1.165, 1.54) is 36.8 Å². The molecule has 0 heterocycles. The molecule has 3 aliphatic carbocycles. The lowest BCUT2D eigenvalue weighted by atomic mass is 9.61. The Morgan fingerprint density at radius 1 is 1.15 bits per heavy atom. The second-order valence-electron chi connectivity index (χ2n) is 10.9. The first-order chi connectivity index (χ1) is 15.7. The van der Waals surface area contributed by atoms with E-state index in [2.05, 4.69) is 32.6 Å². The van der Waals surface area contributed by atoms with Crippen molar-refractivity contribution in [1.82, 2.24) is 0 Å². The Kier molecular flexibility index (Phi) is 7.35. The molecule has 5 atom stereocenters. The summed E-state index contributed by atoms with van der Waals surface area (Å²) in [5.74, 6) is 1.78. The Labute approximate surface area is 200 Å². The summed E-state index contributed by atoms with van der Waals surface area (Å²) in [7, 11) is -3.22. The summed E-state index contributed by atoms with van der Waals surface area (Å²) >= 11 is 0. The third kappa shape index (κ3) is 5.22. The van der Waals surface area contributed by atoms with Crippen LogP contribution in [-0.4, -0.2) is 25.4 Å². The Balaban J connectivity index is 1.45. The molecule has 1 aromatic carbocycles. The topological polar surface area (TPSA) is 54.4 Å². The highest BCUT2D eigenvalue weighted by molar-refractivity contribution is 7.91. The fourth-order valence-electron chi connectivity index (χ4n) is 6.90. The van der Waals surface area contributed by atoms with Crippen molar-refractivity contribution in [2.75, 3.05) is 5.75 Å². The van der Waals surface area contributed by atoms with Gasteiger partial charge in [-0.3, -0.25) is 0 Å². The molecule has 0 radical (unpaired) electrons. The number of aliphatic hydroxyl groups excluding tert-OH is 1. The Hall–Kier alpha value is -1.65. The van der Waals surface area contributed by atoms with Crippen LogP contribution in [0.1, 0.15) is 71.6 Å². The van der Waals surface area contributed by atoms with Gasteiger partial charge in [0.15, 0.2) is 9.84 Å². The van der Waals surface area contributed by atoms with Crippen LogP contribution in [0, 0.1) is 23.2 Å². The van der Waals surface area contributed by atoms with Gasteiger partial charge in [-0.25, -0.2) is 8.42 Å². The standard InChI is InChI=1S/C29H40O3S/c1-21-11-14-25(30)20-24(21)13-12-23-8-7-18-29(3)27(15-16-28(23)29)22(2)17-19-33(31,32)26-9-5-4-6-10-26/h4-6,9-10,12-13,22,25,27-28,30H,1,7-8,11,14-20H2,2-3H3/b23-12+,24-13-/t22-,25+,27?,28+,29-/m1/s1. The van der Waals surface area contributed by atoms with Crippen LogP contribution in [0.5, 0.6) is 0 Å². The van der Waals surface area contributed by atoms with Gasteiger partial charge in [0.25, 0.3) is 0 Å². The van der Waals surface area contributed by atoms with Crippen molar-refractivity contribution in [3.05, 3.63) is 65.8 Å². The first kappa shape index (κ1) is 24.5. The van der Waals surface area contributed by atoms with Gasteiger partial charge in [0.1, 0.15) is 0 Å². The highest BCUT2D eigenvalue weighted by atomic mass is 32.2. The van der Waals surface area contributed by atoms with Gasteiger partial charge in [-0.05, 0) is 98.7 Å². The fourth-order valence-corrected chi connectivity index (χ4v) is 8.39. The lowest BCUT2D eigenvalue weighted by molar-refractivity contribution is 0.0963. The average Bonchev–Trinajstić information content (AvgIpc) is 3.16. The summed E-state index contributed by atoms with van der Waals surface area (Å²) < 4.78 is 25.6. The van der Waals surface area contributed by atoms with Crippen molar-refractivity contribution in [2.24, 2.45) is 23.2 Å². The molecule has 1 aromatic rings. The molecule has 180 valence electrons. The normalized spacial score (nSPS) is 33.9. The fraction of sp³-hybridized carbons (Fsp3) is 0.586. The van der Waals surface area contributed by atoms with Crippen molar-refractivity contribution >= 4 is 9.84 Å². The molecule has 1 N–H and O–H groups in total. The van der Waals surface area contributed by atoms with Crippen LogP contribution in [0.2, 0.25) is 0 Å². The molecule has 4 heteroatoms. The molecule has 4 rings (SSSR count). The molecule has 33 heavy (non-hydrogen) atoms. The van der Waals surface area contributed by atoms with E-state index in [0.717, 1.165) is 32.1 Å². The maximum Gasteiger partial charge on any atom is 0.178 e. The molecule has 0 spiro atoms. The van der Waals surface area contributed by atoms with E-state index in [1.807, 2.05) is 6.07 Å². The van der Waals surface area contributed by atoms with Crippen molar-refractivity contribution in [2.45, 2.75) is 82.6 Å². The lowest BCUT2D eigenvalue weighted by Gasteiger charge is -2.44. The zero-order valence-corrected chi connectivity index (χ0v) is 21.1. The van der Waals surface area contributed by atoms with E-state index in [4.69, 9.17) is 0 Å². The van der Waals surface area contributed by atoms with Gasteiger partial charge in [0.2, 0.25) is 0 Å². The maximum atomic E-state index is 12.8. The summed E-state index contributed by atoms with van der Waals surface area (Å²) in [6.07, 6.45) is 13.5. The number of rotatable bonds is 6. The van der Waals surface area contributed by atoms with Crippen molar-refractivity contribution in [3.8, 4) is 0 Å². The van der Waals surface area contributed by atoms with Gasteiger partial charge in [0, 0.05) is 0 Å². The largest absolute Gasteiger partial charge is 0.393 e. The highest BCUT2D eigenvalue weighted by Crippen LogP contribution is 2.59. The summed E-state index contributed by atoms with van der Waals surface area (Å²) in [5.41, 5.74) is 4.19. The second-order valence-corrected chi connectivity index (χ2v) is 13.0. The molecule has 0 amide bonds. The minimum atomic E-state index is -3.22. The summed E-state index contributed by atoms with van der Waals surface area (Å²) in [6, 6.07) is 8.87. The molecule has 3 nitrogen and oxygen atoms in total. The molecular weight excluding hydrogens is 428 g/mol. The quantitative estimate of drug-likeness (QED) is 0.508. The van der Waals surface area contributed by atoms with Crippen LogP contribution in [0.15, 0.2) is 70.7 Å². The third-order valence-corrected chi connectivity index (χ3v) is 10.6. The van der Waals surface area contributed by atoms with E-state index >= 15 is 0 Å². The Morgan fingerprint density at radius 2 is 1.91 bits per heavy atom. The zero-order valence-electron chi connectivity index (χ0n) is 20.3. The predicted molar refractivity (Wildman–Crippen MR) is 136 cm³/mol. The number of fused-ring (bicyclic) bond motifs is 1. The summed E-state index contributed by atoms with van der Waals surface area (Å²) in [5, 5.41) is 10.1. The van der Waals surface area contributed by atoms with Crippen LogP contribution < -0.4 is 0 Å². The molecule has 3 saturated carbocycles. The lowest BCUT2D eigenvalue weighted by Crippen LogP contribution is -2.36.